The van der Waals surface area contributed by atoms with Gasteiger partial charge in [0.05, 0.1) is 6.61 Å². The second kappa shape index (κ2) is 5.03. The zero-order chi connectivity index (χ0) is 11.4. The van der Waals surface area contributed by atoms with Gasteiger partial charge in [-0.1, -0.05) is 0 Å². The first-order valence-electron chi connectivity index (χ1n) is 5.33. The number of aliphatic hydroxyl groups is 1. The SMILES string of the molecule is CCN(CCO)c1ccc(N)c(C)c1C. The lowest BCUT2D eigenvalue weighted by Gasteiger charge is -2.25. The average molecular weight is 208 g/mol. The fraction of sp³-hybridized carbons (Fsp3) is 0.500. The molecule has 0 atom stereocenters. The van der Waals surface area contributed by atoms with Crippen LogP contribution in [0.5, 0.6) is 0 Å². The molecule has 1 aromatic rings. The molecule has 0 saturated carbocycles. The van der Waals surface area contributed by atoms with Crippen molar-refractivity contribution in [3.05, 3.63) is 23.3 Å². The summed E-state index contributed by atoms with van der Waals surface area (Å²) in [7, 11) is 0. The van der Waals surface area contributed by atoms with E-state index in [0.29, 0.717) is 6.54 Å². The molecule has 0 unspecified atom stereocenters. The van der Waals surface area contributed by atoms with Crippen LogP contribution in [0.25, 0.3) is 0 Å². The second-order valence-corrected chi connectivity index (χ2v) is 3.73. The Hall–Kier alpha value is -1.22. The van der Waals surface area contributed by atoms with Gasteiger partial charge in [0.15, 0.2) is 0 Å². The Morgan fingerprint density at radius 3 is 2.47 bits per heavy atom. The minimum atomic E-state index is 0.177. The second-order valence-electron chi connectivity index (χ2n) is 3.73. The first-order valence-corrected chi connectivity index (χ1v) is 5.33. The summed E-state index contributed by atoms with van der Waals surface area (Å²) in [4.78, 5) is 2.15. The van der Waals surface area contributed by atoms with Gasteiger partial charge in [-0.25, -0.2) is 0 Å². The lowest BCUT2D eigenvalue weighted by molar-refractivity contribution is 0.302. The number of aliphatic hydroxyl groups excluding tert-OH is 1. The van der Waals surface area contributed by atoms with Crippen molar-refractivity contribution < 1.29 is 5.11 Å². The van der Waals surface area contributed by atoms with Crippen molar-refractivity contribution in [2.75, 3.05) is 30.3 Å². The average Bonchev–Trinajstić information content (AvgIpc) is 2.24. The molecule has 0 bridgehead atoms. The number of anilines is 2. The number of hydrogen-bond acceptors (Lipinski definition) is 3. The third-order valence-corrected chi connectivity index (χ3v) is 2.89. The van der Waals surface area contributed by atoms with Gasteiger partial charge >= 0.3 is 0 Å². The third-order valence-electron chi connectivity index (χ3n) is 2.89. The molecule has 84 valence electrons. The molecular formula is C12H20N2O. The maximum Gasteiger partial charge on any atom is 0.0606 e. The van der Waals surface area contributed by atoms with E-state index in [1.165, 1.54) is 11.3 Å². The summed E-state index contributed by atoms with van der Waals surface area (Å²) in [6, 6.07) is 3.95. The molecule has 0 aliphatic rings. The summed E-state index contributed by atoms with van der Waals surface area (Å²) >= 11 is 0. The van der Waals surface area contributed by atoms with Gasteiger partial charge in [0, 0.05) is 24.5 Å². The highest BCUT2D eigenvalue weighted by molar-refractivity contribution is 5.64. The van der Waals surface area contributed by atoms with Crippen molar-refractivity contribution in [2.45, 2.75) is 20.8 Å². The molecule has 15 heavy (non-hydrogen) atoms. The van der Waals surface area contributed by atoms with Crippen LogP contribution in [0.1, 0.15) is 18.1 Å². The predicted octanol–water partition coefficient (Wildman–Crippen LogP) is 1.70. The summed E-state index contributed by atoms with van der Waals surface area (Å²) in [5, 5.41) is 8.98. The Bertz CT molecular complexity index is 337. The summed E-state index contributed by atoms with van der Waals surface area (Å²) in [5.41, 5.74) is 10.2. The molecule has 0 aliphatic carbocycles. The summed E-state index contributed by atoms with van der Waals surface area (Å²) in [6.07, 6.45) is 0. The lowest BCUT2D eigenvalue weighted by atomic mass is 10.1. The van der Waals surface area contributed by atoms with Crippen LogP contribution in [0, 0.1) is 13.8 Å². The standard InChI is InChI=1S/C12H20N2O/c1-4-14(7-8-15)12-6-5-11(13)9(2)10(12)3/h5-6,15H,4,7-8,13H2,1-3H3. The van der Waals surface area contributed by atoms with Crippen molar-refractivity contribution in [3.8, 4) is 0 Å². The van der Waals surface area contributed by atoms with Crippen molar-refractivity contribution in [2.24, 2.45) is 0 Å². The number of rotatable bonds is 4. The highest BCUT2D eigenvalue weighted by atomic mass is 16.3. The van der Waals surface area contributed by atoms with E-state index in [1.807, 2.05) is 19.1 Å². The van der Waals surface area contributed by atoms with Gasteiger partial charge in [-0.2, -0.15) is 0 Å². The van der Waals surface area contributed by atoms with Crippen LogP contribution in [-0.2, 0) is 0 Å². The van der Waals surface area contributed by atoms with Gasteiger partial charge in [0.2, 0.25) is 0 Å². The number of nitrogens with two attached hydrogens (primary N) is 1. The molecule has 0 fully saturated rings. The van der Waals surface area contributed by atoms with E-state index < -0.39 is 0 Å². The number of nitrogens with zero attached hydrogens (tertiary/aromatic N) is 1. The number of nitrogen functional groups attached to an aromatic ring is 1. The van der Waals surface area contributed by atoms with E-state index in [-0.39, 0.29) is 6.61 Å². The minimum absolute atomic E-state index is 0.177. The molecule has 3 heteroatoms. The molecule has 1 aromatic carbocycles. The maximum absolute atomic E-state index is 8.98. The van der Waals surface area contributed by atoms with E-state index in [4.69, 9.17) is 10.8 Å². The highest BCUT2D eigenvalue weighted by Gasteiger charge is 2.09. The number of hydrogen-bond donors (Lipinski definition) is 2. The zero-order valence-electron chi connectivity index (χ0n) is 9.75. The van der Waals surface area contributed by atoms with Crippen LogP contribution in [-0.4, -0.2) is 24.8 Å². The van der Waals surface area contributed by atoms with Crippen LogP contribution in [0.15, 0.2) is 12.1 Å². The summed E-state index contributed by atoms with van der Waals surface area (Å²) in [5.74, 6) is 0. The molecule has 1 rings (SSSR count). The minimum Gasteiger partial charge on any atom is -0.399 e. The Balaban J connectivity index is 3.07. The van der Waals surface area contributed by atoms with Crippen LogP contribution < -0.4 is 10.6 Å². The molecule has 3 nitrogen and oxygen atoms in total. The molecule has 3 N–H and O–H groups in total. The van der Waals surface area contributed by atoms with Crippen molar-refractivity contribution >= 4 is 11.4 Å². The summed E-state index contributed by atoms with van der Waals surface area (Å²) < 4.78 is 0. The first kappa shape index (κ1) is 11.9. The number of benzene rings is 1. The molecule has 0 aliphatic heterocycles. The first-order chi connectivity index (χ1) is 7.11. The van der Waals surface area contributed by atoms with Gasteiger partial charge in [-0.05, 0) is 44.0 Å². The monoisotopic (exact) mass is 208 g/mol. The van der Waals surface area contributed by atoms with Crippen molar-refractivity contribution in [1.82, 2.24) is 0 Å². The molecule has 0 saturated heterocycles. The Kier molecular flexibility index (Phi) is 3.97. The van der Waals surface area contributed by atoms with Gasteiger partial charge < -0.3 is 15.7 Å². The predicted molar refractivity (Wildman–Crippen MR) is 65.3 cm³/mol. The molecular weight excluding hydrogens is 188 g/mol. The molecule has 0 heterocycles. The van der Waals surface area contributed by atoms with Gasteiger partial charge in [-0.15, -0.1) is 0 Å². The van der Waals surface area contributed by atoms with Crippen LogP contribution in [0.3, 0.4) is 0 Å². The fourth-order valence-corrected chi connectivity index (χ4v) is 1.74. The zero-order valence-corrected chi connectivity index (χ0v) is 9.75. The quantitative estimate of drug-likeness (QED) is 0.740. The Morgan fingerprint density at radius 2 is 1.93 bits per heavy atom. The van der Waals surface area contributed by atoms with E-state index in [0.717, 1.165) is 17.8 Å². The topological polar surface area (TPSA) is 49.5 Å². The van der Waals surface area contributed by atoms with Crippen molar-refractivity contribution in [1.29, 1.82) is 0 Å². The largest absolute Gasteiger partial charge is 0.399 e. The lowest BCUT2D eigenvalue weighted by Crippen LogP contribution is -2.27. The van der Waals surface area contributed by atoms with Gasteiger partial charge in [0.25, 0.3) is 0 Å². The van der Waals surface area contributed by atoms with Crippen LogP contribution >= 0.6 is 0 Å². The smallest absolute Gasteiger partial charge is 0.0606 e. The van der Waals surface area contributed by atoms with Gasteiger partial charge in [-0.3, -0.25) is 0 Å². The number of likely N-dealkylation sites (N-methyl/N-ethyl adjacent to an activating group) is 1. The van der Waals surface area contributed by atoms with E-state index in [2.05, 4.69) is 18.7 Å². The van der Waals surface area contributed by atoms with Crippen molar-refractivity contribution in [3.63, 3.8) is 0 Å². The molecule has 0 aromatic heterocycles. The Labute approximate surface area is 91.5 Å². The van der Waals surface area contributed by atoms with Gasteiger partial charge in [0.1, 0.15) is 0 Å². The summed E-state index contributed by atoms with van der Waals surface area (Å²) in [6.45, 7) is 7.92. The third kappa shape index (κ3) is 2.42. The van der Waals surface area contributed by atoms with Crippen LogP contribution in [0.4, 0.5) is 11.4 Å². The Morgan fingerprint density at radius 1 is 1.27 bits per heavy atom. The molecule has 0 radical (unpaired) electrons. The fourth-order valence-electron chi connectivity index (χ4n) is 1.74. The van der Waals surface area contributed by atoms with E-state index in [1.54, 1.807) is 0 Å². The van der Waals surface area contributed by atoms with Crippen LogP contribution in [0.2, 0.25) is 0 Å². The maximum atomic E-state index is 8.98. The molecule has 0 spiro atoms. The van der Waals surface area contributed by atoms with E-state index in [9.17, 15) is 0 Å². The van der Waals surface area contributed by atoms with E-state index >= 15 is 0 Å². The normalized spacial score (nSPS) is 10.4. The molecule has 0 amide bonds. The highest BCUT2D eigenvalue weighted by Crippen LogP contribution is 2.26.